The van der Waals surface area contributed by atoms with Gasteiger partial charge in [-0.1, -0.05) is 12.7 Å². The number of aromatic nitrogens is 1. The molecule has 0 aliphatic rings. The number of aryl methyl sites for hydroxylation is 1. The zero-order chi connectivity index (χ0) is 11.6. The van der Waals surface area contributed by atoms with Gasteiger partial charge in [-0.15, -0.1) is 12.8 Å². The van der Waals surface area contributed by atoms with E-state index in [0.29, 0.717) is 0 Å². The van der Waals surface area contributed by atoms with Crippen LogP contribution in [-0.4, -0.2) is 12.0 Å². The Morgan fingerprint density at radius 3 is 2.14 bits per heavy atom. The van der Waals surface area contributed by atoms with E-state index in [-0.39, 0.29) is 0 Å². The van der Waals surface area contributed by atoms with Crippen LogP contribution in [0.4, 0.5) is 0 Å². The molecule has 0 saturated carbocycles. The second kappa shape index (κ2) is 9.50. The van der Waals surface area contributed by atoms with E-state index in [1.54, 1.807) is 0 Å². The van der Waals surface area contributed by atoms with Crippen molar-refractivity contribution in [3.8, 4) is 12.8 Å². The van der Waals surface area contributed by atoms with E-state index in [1.807, 2.05) is 18.5 Å². The van der Waals surface area contributed by atoms with Gasteiger partial charge in [-0.2, -0.15) is 0 Å². The van der Waals surface area contributed by atoms with Gasteiger partial charge in [0.15, 0.2) is 0 Å². The van der Waals surface area contributed by atoms with Gasteiger partial charge in [0, 0.05) is 12.4 Å². The molecule has 0 atom stereocenters. The van der Waals surface area contributed by atoms with Crippen molar-refractivity contribution in [2.45, 2.75) is 13.8 Å². The van der Waals surface area contributed by atoms with Crippen molar-refractivity contribution < 1.29 is 0 Å². The number of hydrogen-bond donors (Lipinski definition) is 1. The summed E-state index contributed by atoms with van der Waals surface area (Å²) in [4.78, 5) is 4.04. The van der Waals surface area contributed by atoms with Gasteiger partial charge in [-0.3, -0.25) is 4.98 Å². The van der Waals surface area contributed by atoms with Crippen LogP contribution >= 0.6 is 0 Å². The predicted molar refractivity (Wildman–Crippen MR) is 63.8 cm³/mol. The highest BCUT2D eigenvalue weighted by molar-refractivity contribution is 5.51. The highest BCUT2D eigenvalue weighted by atomic mass is 14.6. The van der Waals surface area contributed by atoms with E-state index in [1.165, 1.54) is 18.2 Å². The fourth-order valence-electron chi connectivity index (χ4n) is 0.856. The van der Waals surface area contributed by atoms with Crippen molar-refractivity contribution in [2.75, 3.05) is 7.05 Å². The van der Waals surface area contributed by atoms with Gasteiger partial charge < -0.3 is 5.73 Å². The number of hydrogen-bond acceptors (Lipinski definition) is 2. The summed E-state index contributed by atoms with van der Waals surface area (Å²) >= 11 is 0. The number of terminal acetylenes is 1. The van der Waals surface area contributed by atoms with Crippen LogP contribution in [0.15, 0.2) is 19.0 Å². The summed E-state index contributed by atoms with van der Waals surface area (Å²) in [6, 6.07) is 0. The van der Waals surface area contributed by atoms with Crippen molar-refractivity contribution in [3.05, 3.63) is 35.7 Å². The van der Waals surface area contributed by atoms with Crippen LogP contribution in [0.1, 0.15) is 16.7 Å². The lowest BCUT2D eigenvalue weighted by Gasteiger charge is -2.00. The molecule has 1 heterocycles. The quantitative estimate of drug-likeness (QED) is 0.689. The summed E-state index contributed by atoms with van der Waals surface area (Å²) in [5.41, 5.74) is 8.11. The van der Waals surface area contributed by atoms with Crippen LogP contribution in [0.25, 0.3) is 6.08 Å². The first-order valence-corrected chi connectivity index (χ1v) is 4.20. The van der Waals surface area contributed by atoms with Crippen LogP contribution < -0.4 is 5.73 Å². The van der Waals surface area contributed by atoms with Crippen molar-refractivity contribution >= 4 is 6.08 Å². The average Bonchev–Trinajstić information content (AvgIpc) is 2.28. The average molecular weight is 190 g/mol. The van der Waals surface area contributed by atoms with Crippen molar-refractivity contribution in [2.24, 2.45) is 5.73 Å². The Morgan fingerprint density at radius 2 is 1.79 bits per heavy atom. The van der Waals surface area contributed by atoms with Crippen LogP contribution in [0.5, 0.6) is 0 Å². The Hall–Kier alpha value is -1.59. The molecule has 0 radical (unpaired) electrons. The van der Waals surface area contributed by atoms with E-state index in [2.05, 4.69) is 44.0 Å². The molecule has 2 nitrogen and oxygen atoms in total. The standard InChI is InChI=1S/C9H11N.C2H2.CH5N/c1-4-9-6-10-5-7(2)8(9)3;2*1-2/h4-6H,1H2,2-3H3;1-2H;2H2,1H3. The molecule has 0 bridgehead atoms. The normalized spacial score (nSPS) is 7.29. The SMILES string of the molecule is C#C.C=Cc1cncc(C)c1C.CN. The molecule has 0 aromatic carbocycles. The minimum absolute atomic E-state index is 1.13. The maximum atomic E-state index is 4.50. The summed E-state index contributed by atoms with van der Waals surface area (Å²) in [6.07, 6.45) is 13.5. The molecule has 0 saturated heterocycles. The third-order valence-corrected chi connectivity index (χ3v) is 1.73. The summed E-state index contributed by atoms with van der Waals surface area (Å²) in [5.74, 6) is 0. The Labute approximate surface area is 86.9 Å². The van der Waals surface area contributed by atoms with E-state index in [0.717, 1.165) is 5.56 Å². The number of pyridine rings is 1. The van der Waals surface area contributed by atoms with Gasteiger partial charge >= 0.3 is 0 Å². The summed E-state index contributed by atoms with van der Waals surface area (Å²) in [5, 5.41) is 0. The van der Waals surface area contributed by atoms with E-state index < -0.39 is 0 Å². The van der Waals surface area contributed by atoms with Crippen molar-refractivity contribution in [3.63, 3.8) is 0 Å². The first-order valence-electron chi connectivity index (χ1n) is 4.20. The van der Waals surface area contributed by atoms with Crippen LogP contribution in [0.2, 0.25) is 0 Å². The highest BCUT2D eigenvalue weighted by Gasteiger charge is 1.95. The van der Waals surface area contributed by atoms with Crippen LogP contribution in [0.3, 0.4) is 0 Å². The van der Waals surface area contributed by atoms with Crippen LogP contribution in [0, 0.1) is 26.7 Å². The van der Waals surface area contributed by atoms with E-state index in [9.17, 15) is 0 Å². The monoisotopic (exact) mass is 190 g/mol. The van der Waals surface area contributed by atoms with Gasteiger partial charge in [0.05, 0.1) is 0 Å². The Bertz CT molecular complexity index is 288. The predicted octanol–water partition coefficient (Wildman–Crippen LogP) is 2.17. The summed E-state index contributed by atoms with van der Waals surface area (Å²) < 4.78 is 0. The van der Waals surface area contributed by atoms with Gasteiger partial charge in [-0.05, 0) is 37.6 Å². The molecular formula is C12H18N2. The van der Waals surface area contributed by atoms with Crippen molar-refractivity contribution in [1.82, 2.24) is 4.98 Å². The molecular weight excluding hydrogens is 172 g/mol. The Balaban J connectivity index is 0. The lowest BCUT2D eigenvalue weighted by atomic mass is 10.1. The second-order valence-electron chi connectivity index (χ2n) is 2.37. The molecule has 0 spiro atoms. The fraction of sp³-hybridized carbons (Fsp3) is 0.250. The second-order valence-corrected chi connectivity index (χ2v) is 2.37. The zero-order valence-electron chi connectivity index (χ0n) is 9.12. The third-order valence-electron chi connectivity index (χ3n) is 1.73. The van der Waals surface area contributed by atoms with E-state index in [4.69, 9.17) is 0 Å². The molecule has 2 N–H and O–H groups in total. The highest BCUT2D eigenvalue weighted by Crippen LogP contribution is 2.10. The first kappa shape index (κ1) is 14.9. The van der Waals surface area contributed by atoms with Crippen LogP contribution in [-0.2, 0) is 0 Å². The van der Waals surface area contributed by atoms with Crippen molar-refractivity contribution in [1.29, 1.82) is 0 Å². The maximum absolute atomic E-state index is 4.50. The summed E-state index contributed by atoms with van der Waals surface area (Å²) in [6.45, 7) is 7.82. The molecule has 76 valence electrons. The smallest absolute Gasteiger partial charge is 0.0342 e. The summed E-state index contributed by atoms with van der Waals surface area (Å²) in [7, 11) is 1.50. The molecule has 0 aliphatic carbocycles. The lowest BCUT2D eigenvalue weighted by molar-refractivity contribution is 1.20. The van der Waals surface area contributed by atoms with E-state index >= 15 is 0 Å². The third kappa shape index (κ3) is 4.44. The van der Waals surface area contributed by atoms with Gasteiger partial charge in [0.1, 0.15) is 0 Å². The Morgan fingerprint density at radius 1 is 1.29 bits per heavy atom. The largest absolute Gasteiger partial charge is 0.333 e. The molecule has 14 heavy (non-hydrogen) atoms. The molecule has 0 amide bonds. The molecule has 1 aromatic heterocycles. The minimum Gasteiger partial charge on any atom is -0.333 e. The molecule has 0 aliphatic heterocycles. The molecule has 0 fully saturated rings. The molecule has 1 aromatic rings. The van der Waals surface area contributed by atoms with Gasteiger partial charge in [-0.25, -0.2) is 0 Å². The Kier molecular flexibility index (Phi) is 10.1. The van der Waals surface area contributed by atoms with Gasteiger partial charge in [0.2, 0.25) is 0 Å². The minimum atomic E-state index is 1.13. The number of nitrogens with zero attached hydrogens (tertiary/aromatic N) is 1. The topological polar surface area (TPSA) is 38.9 Å². The number of rotatable bonds is 1. The molecule has 2 heteroatoms. The first-order chi connectivity index (χ1) is 6.75. The zero-order valence-corrected chi connectivity index (χ0v) is 9.12. The fourth-order valence-corrected chi connectivity index (χ4v) is 0.856. The molecule has 1 rings (SSSR count). The lowest BCUT2D eigenvalue weighted by Crippen LogP contribution is -1.86. The maximum Gasteiger partial charge on any atom is 0.0342 e. The van der Waals surface area contributed by atoms with Gasteiger partial charge in [0.25, 0.3) is 0 Å². The molecule has 0 unspecified atom stereocenters. The number of nitrogens with two attached hydrogens (primary N) is 1.